The van der Waals surface area contributed by atoms with Gasteiger partial charge in [-0.2, -0.15) is 0 Å². The summed E-state index contributed by atoms with van der Waals surface area (Å²) in [6, 6.07) is 16.5. The van der Waals surface area contributed by atoms with Crippen molar-refractivity contribution in [1.82, 2.24) is 10.2 Å². The van der Waals surface area contributed by atoms with Crippen molar-refractivity contribution in [2.45, 2.75) is 25.3 Å². The number of nitrogens with zero attached hydrogens (tertiary/aromatic N) is 2. The lowest BCUT2D eigenvalue weighted by Gasteiger charge is -2.25. The molecule has 6 heteroatoms. The largest absolute Gasteiger partial charge is 0.354 e. The highest BCUT2D eigenvalue weighted by atomic mass is 16.2. The van der Waals surface area contributed by atoms with Crippen LogP contribution in [0, 0.1) is 0 Å². The van der Waals surface area contributed by atoms with E-state index in [0.717, 1.165) is 18.4 Å². The van der Waals surface area contributed by atoms with E-state index < -0.39 is 6.04 Å². The van der Waals surface area contributed by atoms with Crippen LogP contribution in [0.5, 0.6) is 0 Å². The third kappa shape index (κ3) is 3.50. The molecule has 2 aliphatic heterocycles. The molecule has 0 aromatic heterocycles. The summed E-state index contributed by atoms with van der Waals surface area (Å²) in [7, 11) is 0. The van der Waals surface area contributed by atoms with Crippen LogP contribution in [0.25, 0.3) is 0 Å². The zero-order valence-corrected chi connectivity index (χ0v) is 15.6. The molecule has 2 aromatic rings. The molecule has 1 N–H and O–H groups in total. The van der Waals surface area contributed by atoms with Crippen LogP contribution in [0.4, 0.5) is 5.69 Å². The van der Waals surface area contributed by atoms with Crippen LogP contribution in [-0.4, -0.2) is 48.3 Å². The molecule has 2 heterocycles. The topological polar surface area (TPSA) is 69.7 Å². The maximum atomic E-state index is 13.1. The number of rotatable bonds is 5. The second kappa shape index (κ2) is 7.84. The van der Waals surface area contributed by atoms with Gasteiger partial charge in [-0.3, -0.25) is 14.4 Å². The van der Waals surface area contributed by atoms with Gasteiger partial charge in [0.05, 0.1) is 11.3 Å². The molecular weight excluding hydrogens is 354 g/mol. The maximum absolute atomic E-state index is 13.1. The summed E-state index contributed by atoms with van der Waals surface area (Å²) in [5.74, 6) is -0.523. The van der Waals surface area contributed by atoms with Gasteiger partial charge in [0.2, 0.25) is 11.8 Å². The van der Waals surface area contributed by atoms with E-state index in [-0.39, 0.29) is 24.3 Å². The first-order chi connectivity index (χ1) is 13.6. The van der Waals surface area contributed by atoms with Crippen molar-refractivity contribution >= 4 is 23.4 Å². The Hall–Kier alpha value is -3.15. The van der Waals surface area contributed by atoms with Crippen LogP contribution in [0.1, 0.15) is 28.8 Å². The predicted molar refractivity (Wildman–Crippen MR) is 106 cm³/mol. The molecule has 1 saturated heterocycles. The zero-order valence-electron chi connectivity index (χ0n) is 15.6. The molecular formula is C22H23N3O3. The standard InChI is InChI=1S/C22H23N3O3/c26-20(23-13-12-16-7-2-1-3-8-16)15-25-18-10-5-4-9-17(18)21(27)24-14-6-11-19(24)22(25)28/h1-5,7-10,19H,6,11-15H2,(H,23,26). The van der Waals surface area contributed by atoms with E-state index in [1.807, 2.05) is 30.3 Å². The van der Waals surface area contributed by atoms with Crippen molar-refractivity contribution in [3.8, 4) is 0 Å². The van der Waals surface area contributed by atoms with Crippen LogP contribution in [0.2, 0.25) is 0 Å². The van der Waals surface area contributed by atoms with Crippen LogP contribution >= 0.6 is 0 Å². The SMILES string of the molecule is O=C(CN1C(=O)C2CCCN2C(=O)c2ccccc21)NCCc1ccccc1. The first-order valence-electron chi connectivity index (χ1n) is 9.67. The van der Waals surface area contributed by atoms with E-state index in [4.69, 9.17) is 0 Å². The molecule has 2 aliphatic rings. The van der Waals surface area contributed by atoms with Gasteiger partial charge in [0.25, 0.3) is 5.91 Å². The lowest BCUT2D eigenvalue weighted by molar-refractivity contribution is -0.125. The Morgan fingerprint density at radius 1 is 1.04 bits per heavy atom. The number of hydrogen-bond acceptors (Lipinski definition) is 3. The fraction of sp³-hybridized carbons (Fsp3) is 0.318. The van der Waals surface area contributed by atoms with Crippen molar-refractivity contribution in [3.05, 3.63) is 65.7 Å². The van der Waals surface area contributed by atoms with Crippen molar-refractivity contribution in [2.75, 3.05) is 24.5 Å². The zero-order chi connectivity index (χ0) is 19.5. The minimum atomic E-state index is -0.475. The highest BCUT2D eigenvalue weighted by Crippen LogP contribution is 2.32. The van der Waals surface area contributed by atoms with Gasteiger partial charge in [-0.25, -0.2) is 0 Å². The molecule has 1 fully saturated rings. The Bertz CT molecular complexity index is 897. The number of carbonyl (C=O) groups excluding carboxylic acids is 3. The number of para-hydroxylation sites is 1. The average Bonchev–Trinajstić information content (AvgIpc) is 3.19. The highest BCUT2D eigenvalue weighted by Gasteiger charge is 2.42. The molecule has 6 nitrogen and oxygen atoms in total. The summed E-state index contributed by atoms with van der Waals surface area (Å²) in [4.78, 5) is 41.6. The van der Waals surface area contributed by atoms with Crippen LogP contribution in [-0.2, 0) is 16.0 Å². The molecule has 0 spiro atoms. The Labute approximate surface area is 164 Å². The van der Waals surface area contributed by atoms with E-state index >= 15 is 0 Å². The molecule has 4 rings (SSSR count). The van der Waals surface area contributed by atoms with Gasteiger partial charge in [-0.1, -0.05) is 42.5 Å². The number of anilines is 1. The summed E-state index contributed by atoms with van der Waals surface area (Å²) in [5, 5.41) is 2.89. The Morgan fingerprint density at radius 3 is 2.61 bits per heavy atom. The summed E-state index contributed by atoms with van der Waals surface area (Å²) in [6.07, 6.45) is 2.18. The van der Waals surface area contributed by atoms with E-state index in [9.17, 15) is 14.4 Å². The molecule has 0 saturated carbocycles. The molecule has 3 amide bonds. The summed E-state index contributed by atoms with van der Waals surface area (Å²) < 4.78 is 0. The molecule has 0 bridgehead atoms. The van der Waals surface area contributed by atoms with E-state index in [1.165, 1.54) is 4.90 Å². The maximum Gasteiger partial charge on any atom is 0.256 e. The third-order valence-electron chi connectivity index (χ3n) is 5.37. The lowest BCUT2D eigenvalue weighted by atomic mass is 10.1. The Morgan fingerprint density at radius 2 is 1.79 bits per heavy atom. The number of amides is 3. The van der Waals surface area contributed by atoms with Crippen LogP contribution in [0.3, 0.4) is 0 Å². The van der Waals surface area contributed by atoms with Crippen molar-refractivity contribution in [1.29, 1.82) is 0 Å². The van der Waals surface area contributed by atoms with Crippen molar-refractivity contribution in [3.63, 3.8) is 0 Å². The van der Waals surface area contributed by atoms with Crippen molar-refractivity contribution < 1.29 is 14.4 Å². The fourth-order valence-electron chi connectivity index (χ4n) is 3.96. The van der Waals surface area contributed by atoms with Crippen LogP contribution < -0.4 is 10.2 Å². The minimum Gasteiger partial charge on any atom is -0.354 e. The Balaban J connectivity index is 1.49. The molecule has 1 atom stereocenters. The first kappa shape index (κ1) is 18.2. The van der Waals surface area contributed by atoms with Gasteiger partial charge in [0.15, 0.2) is 0 Å². The van der Waals surface area contributed by atoms with Gasteiger partial charge in [-0.05, 0) is 37.0 Å². The van der Waals surface area contributed by atoms with Gasteiger partial charge in [-0.15, -0.1) is 0 Å². The lowest BCUT2D eigenvalue weighted by Crippen LogP contribution is -2.48. The molecule has 0 aliphatic carbocycles. The number of hydrogen-bond donors (Lipinski definition) is 1. The second-order valence-corrected chi connectivity index (χ2v) is 7.18. The van der Waals surface area contributed by atoms with E-state index in [1.54, 1.807) is 29.2 Å². The van der Waals surface area contributed by atoms with E-state index in [2.05, 4.69) is 5.32 Å². The number of benzene rings is 2. The smallest absolute Gasteiger partial charge is 0.256 e. The average molecular weight is 377 g/mol. The normalized spacial score (nSPS) is 18.5. The van der Waals surface area contributed by atoms with Crippen molar-refractivity contribution in [2.24, 2.45) is 0 Å². The number of carbonyl (C=O) groups is 3. The Kier molecular flexibility index (Phi) is 5.10. The summed E-state index contributed by atoms with van der Waals surface area (Å²) in [5.41, 5.74) is 2.15. The minimum absolute atomic E-state index is 0.0811. The third-order valence-corrected chi connectivity index (χ3v) is 5.37. The molecule has 1 unspecified atom stereocenters. The van der Waals surface area contributed by atoms with Gasteiger partial charge < -0.3 is 15.1 Å². The van der Waals surface area contributed by atoms with Crippen LogP contribution in [0.15, 0.2) is 54.6 Å². The first-order valence-corrected chi connectivity index (χ1v) is 9.67. The molecule has 144 valence electrons. The summed E-state index contributed by atoms with van der Waals surface area (Å²) >= 11 is 0. The van der Waals surface area contributed by atoms with Gasteiger partial charge in [0.1, 0.15) is 12.6 Å². The second-order valence-electron chi connectivity index (χ2n) is 7.18. The predicted octanol–water partition coefficient (Wildman–Crippen LogP) is 2.00. The number of nitrogens with one attached hydrogen (secondary N) is 1. The monoisotopic (exact) mass is 377 g/mol. The summed E-state index contributed by atoms with van der Waals surface area (Å²) in [6.45, 7) is 1.00. The number of fused-ring (bicyclic) bond motifs is 2. The highest BCUT2D eigenvalue weighted by molar-refractivity contribution is 6.12. The quantitative estimate of drug-likeness (QED) is 0.866. The van der Waals surface area contributed by atoms with E-state index in [0.29, 0.717) is 30.8 Å². The molecule has 0 radical (unpaired) electrons. The molecule has 28 heavy (non-hydrogen) atoms. The van der Waals surface area contributed by atoms with Gasteiger partial charge >= 0.3 is 0 Å². The molecule has 2 aromatic carbocycles. The fourth-order valence-corrected chi connectivity index (χ4v) is 3.96. The van der Waals surface area contributed by atoms with Gasteiger partial charge in [0, 0.05) is 13.1 Å².